The van der Waals surface area contributed by atoms with E-state index in [1.54, 1.807) is 0 Å². The molecule has 3 heterocycles. The Morgan fingerprint density at radius 1 is 1.17 bits per heavy atom. The molecular weight excluding hydrogens is 360 g/mol. The molecule has 2 aromatic heterocycles. The predicted molar refractivity (Wildman–Crippen MR) is 117 cm³/mol. The predicted octanol–water partition coefficient (Wildman–Crippen LogP) is 3.81. The van der Waals surface area contributed by atoms with E-state index in [1.165, 1.54) is 17.0 Å². The summed E-state index contributed by atoms with van der Waals surface area (Å²) in [5.74, 6) is 0. The highest BCUT2D eigenvalue weighted by atomic mass is 15.4. The second-order valence-electron chi connectivity index (χ2n) is 8.42. The molecule has 1 fully saturated rings. The molecule has 1 aliphatic heterocycles. The van der Waals surface area contributed by atoms with Gasteiger partial charge in [0.1, 0.15) is 0 Å². The summed E-state index contributed by atoms with van der Waals surface area (Å²) < 4.78 is 4.48. The molecule has 1 aromatic carbocycles. The summed E-state index contributed by atoms with van der Waals surface area (Å²) in [7, 11) is 0. The number of hydrogen-bond donors (Lipinski definition) is 2. The van der Waals surface area contributed by atoms with Crippen LogP contribution in [0.5, 0.6) is 0 Å². The molecule has 3 aromatic rings. The van der Waals surface area contributed by atoms with Crippen molar-refractivity contribution < 1.29 is 0 Å². The fraction of sp³-hybridized carbons (Fsp3) is 0.478. The maximum absolute atomic E-state index is 4.83. The van der Waals surface area contributed by atoms with Crippen molar-refractivity contribution in [3.63, 3.8) is 0 Å². The smallest absolute Gasteiger partial charge is 0.0958 e. The molecule has 0 spiro atoms. The van der Waals surface area contributed by atoms with E-state index in [1.807, 2.05) is 6.33 Å². The first-order valence-corrected chi connectivity index (χ1v) is 10.6. The first-order valence-electron chi connectivity index (χ1n) is 10.6. The van der Waals surface area contributed by atoms with Crippen molar-refractivity contribution in [2.24, 2.45) is 0 Å². The van der Waals surface area contributed by atoms with E-state index in [0.717, 1.165) is 37.2 Å². The minimum Gasteiger partial charge on any atom is -0.331 e. The van der Waals surface area contributed by atoms with E-state index in [0.29, 0.717) is 18.1 Å². The van der Waals surface area contributed by atoms with Gasteiger partial charge in [-0.05, 0) is 46.6 Å². The minimum atomic E-state index is 0.375. The standard InChI is InChI=1S/C23H32N6/c1-16-13-21(26-25-16)14-18(3)28-15-24-23(20-8-6-5-7-9-20)22(28)10-11-29-19(4)12-17(2)27-29/h5-9,12,15-16,18,21,25-26H,10-11,13-14H2,1-4H3. The zero-order valence-electron chi connectivity index (χ0n) is 17.9. The number of imidazole rings is 1. The summed E-state index contributed by atoms with van der Waals surface area (Å²) in [5.41, 5.74) is 12.6. The average Bonchev–Trinajstić information content (AvgIpc) is 3.39. The van der Waals surface area contributed by atoms with Crippen molar-refractivity contribution in [1.82, 2.24) is 30.2 Å². The molecule has 29 heavy (non-hydrogen) atoms. The third-order valence-electron chi connectivity index (χ3n) is 5.88. The van der Waals surface area contributed by atoms with Gasteiger partial charge in [-0.2, -0.15) is 5.10 Å². The van der Waals surface area contributed by atoms with Crippen LogP contribution in [0, 0.1) is 13.8 Å². The number of nitrogens with one attached hydrogen (secondary N) is 2. The Morgan fingerprint density at radius 2 is 1.97 bits per heavy atom. The molecule has 154 valence electrons. The average molecular weight is 393 g/mol. The molecule has 2 N–H and O–H groups in total. The quantitative estimate of drug-likeness (QED) is 0.642. The van der Waals surface area contributed by atoms with Gasteiger partial charge in [0.25, 0.3) is 0 Å². The molecule has 6 nitrogen and oxygen atoms in total. The topological polar surface area (TPSA) is 59.7 Å². The van der Waals surface area contributed by atoms with Gasteiger partial charge < -0.3 is 4.57 Å². The number of hydrazine groups is 1. The third-order valence-corrected chi connectivity index (χ3v) is 5.88. The van der Waals surface area contributed by atoms with Crippen molar-refractivity contribution in [2.45, 2.75) is 71.6 Å². The first kappa shape index (κ1) is 19.9. The zero-order valence-corrected chi connectivity index (χ0v) is 17.9. The maximum Gasteiger partial charge on any atom is 0.0958 e. The molecule has 1 aliphatic rings. The number of hydrogen-bond acceptors (Lipinski definition) is 4. The van der Waals surface area contributed by atoms with Crippen LogP contribution in [0.2, 0.25) is 0 Å². The highest BCUT2D eigenvalue weighted by Gasteiger charge is 2.24. The molecule has 0 saturated carbocycles. The van der Waals surface area contributed by atoms with Gasteiger partial charge in [0, 0.05) is 48.0 Å². The Kier molecular flexibility index (Phi) is 5.83. The van der Waals surface area contributed by atoms with E-state index in [-0.39, 0.29) is 0 Å². The molecule has 6 heteroatoms. The lowest BCUT2D eigenvalue weighted by molar-refractivity contribution is 0.405. The number of rotatable bonds is 7. The van der Waals surface area contributed by atoms with Crippen molar-refractivity contribution >= 4 is 0 Å². The highest BCUT2D eigenvalue weighted by molar-refractivity contribution is 5.61. The molecule has 0 radical (unpaired) electrons. The Labute approximate surface area is 173 Å². The van der Waals surface area contributed by atoms with Crippen LogP contribution < -0.4 is 10.9 Å². The summed E-state index contributed by atoms with van der Waals surface area (Å²) in [6.45, 7) is 9.56. The molecule has 0 bridgehead atoms. The maximum atomic E-state index is 4.83. The molecule has 3 unspecified atom stereocenters. The molecule has 3 atom stereocenters. The van der Waals surface area contributed by atoms with Crippen LogP contribution >= 0.6 is 0 Å². The lowest BCUT2D eigenvalue weighted by Crippen LogP contribution is -2.33. The number of nitrogens with zero attached hydrogens (tertiary/aromatic N) is 4. The highest BCUT2D eigenvalue weighted by Crippen LogP contribution is 2.28. The first-order chi connectivity index (χ1) is 14.0. The summed E-state index contributed by atoms with van der Waals surface area (Å²) in [4.78, 5) is 4.83. The van der Waals surface area contributed by atoms with Crippen molar-refractivity contribution in [2.75, 3.05) is 0 Å². The Morgan fingerprint density at radius 3 is 2.62 bits per heavy atom. The number of benzene rings is 1. The summed E-state index contributed by atoms with van der Waals surface area (Å²) >= 11 is 0. The normalized spacial score (nSPS) is 20.3. The monoisotopic (exact) mass is 392 g/mol. The molecule has 0 amide bonds. The lowest BCUT2D eigenvalue weighted by atomic mass is 10.0. The van der Waals surface area contributed by atoms with Gasteiger partial charge >= 0.3 is 0 Å². The van der Waals surface area contributed by atoms with Crippen LogP contribution in [-0.4, -0.2) is 31.4 Å². The van der Waals surface area contributed by atoms with Crippen LogP contribution in [0.1, 0.15) is 49.8 Å². The van der Waals surface area contributed by atoms with Crippen molar-refractivity contribution in [1.29, 1.82) is 0 Å². The van der Waals surface area contributed by atoms with Crippen LogP contribution in [0.25, 0.3) is 11.3 Å². The van der Waals surface area contributed by atoms with Gasteiger partial charge in [0.15, 0.2) is 0 Å². The second kappa shape index (κ2) is 8.51. The SMILES string of the molecule is Cc1cc(C)n(CCc2c(-c3ccccc3)ncn2C(C)CC2CC(C)NN2)n1. The molecular formula is C23H32N6. The molecule has 4 rings (SSSR count). The van der Waals surface area contributed by atoms with Gasteiger partial charge in [-0.1, -0.05) is 30.3 Å². The third kappa shape index (κ3) is 4.43. The van der Waals surface area contributed by atoms with Crippen molar-refractivity contribution in [3.05, 3.63) is 59.8 Å². The fourth-order valence-electron chi connectivity index (χ4n) is 4.45. The van der Waals surface area contributed by atoms with Gasteiger partial charge in [0.05, 0.1) is 17.7 Å². The van der Waals surface area contributed by atoms with Gasteiger partial charge in [-0.3, -0.25) is 15.5 Å². The van der Waals surface area contributed by atoms with E-state index >= 15 is 0 Å². The fourth-order valence-corrected chi connectivity index (χ4v) is 4.45. The van der Waals surface area contributed by atoms with Crippen LogP contribution in [0.4, 0.5) is 0 Å². The lowest BCUT2D eigenvalue weighted by Gasteiger charge is -2.21. The molecule has 1 saturated heterocycles. The van der Waals surface area contributed by atoms with E-state index in [9.17, 15) is 0 Å². The van der Waals surface area contributed by atoms with E-state index in [4.69, 9.17) is 4.98 Å². The van der Waals surface area contributed by atoms with Crippen LogP contribution in [0.15, 0.2) is 42.7 Å². The van der Waals surface area contributed by atoms with E-state index in [2.05, 4.69) is 89.3 Å². The molecule has 0 aliphatic carbocycles. The minimum absolute atomic E-state index is 0.375. The largest absolute Gasteiger partial charge is 0.331 e. The van der Waals surface area contributed by atoms with Crippen LogP contribution in [0.3, 0.4) is 0 Å². The van der Waals surface area contributed by atoms with Gasteiger partial charge in [-0.25, -0.2) is 4.98 Å². The number of aryl methyl sites for hydroxylation is 3. The zero-order chi connectivity index (χ0) is 20.4. The van der Waals surface area contributed by atoms with Gasteiger partial charge in [0.2, 0.25) is 0 Å². The summed E-state index contributed by atoms with van der Waals surface area (Å²) in [5, 5.41) is 4.65. The van der Waals surface area contributed by atoms with E-state index < -0.39 is 0 Å². The Bertz CT molecular complexity index is 942. The van der Waals surface area contributed by atoms with Crippen molar-refractivity contribution in [3.8, 4) is 11.3 Å². The Balaban J connectivity index is 1.60. The van der Waals surface area contributed by atoms with Gasteiger partial charge in [-0.15, -0.1) is 0 Å². The summed E-state index contributed by atoms with van der Waals surface area (Å²) in [6, 6.07) is 14.0. The second-order valence-corrected chi connectivity index (χ2v) is 8.42. The number of aromatic nitrogens is 4. The van der Waals surface area contributed by atoms with Crippen LogP contribution in [-0.2, 0) is 13.0 Å². The Hall–Kier alpha value is -2.44. The summed E-state index contributed by atoms with van der Waals surface area (Å²) in [6.07, 6.45) is 5.17.